The first kappa shape index (κ1) is 13.0. The van der Waals surface area contributed by atoms with Gasteiger partial charge in [0.25, 0.3) is 0 Å². The third-order valence-corrected chi connectivity index (χ3v) is 3.22. The minimum Gasteiger partial charge on any atom is -0.154 e. The van der Waals surface area contributed by atoms with Crippen molar-refractivity contribution in [1.29, 1.82) is 0 Å². The molecule has 0 amide bonds. The summed E-state index contributed by atoms with van der Waals surface area (Å²) in [5, 5.41) is 9.89. The molecule has 0 fully saturated rings. The maximum Gasteiger partial charge on any atom is 0.0932 e. The van der Waals surface area contributed by atoms with Crippen molar-refractivity contribution in [2.24, 2.45) is 0 Å². The monoisotopic (exact) mass is 242 g/mol. The summed E-state index contributed by atoms with van der Waals surface area (Å²) in [6.45, 7) is 13.1. The van der Waals surface area contributed by atoms with Gasteiger partial charge in [-0.15, -0.1) is 0 Å². The Hall–Kier alpha value is -1.44. The third kappa shape index (κ3) is 2.53. The molecule has 2 nitrogen and oxygen atoms in total. The molecule has 96 valence electrons. The molecule has 1 aromatic heterocycles. The zero-order valence-electron chi connectivity index (χ0n) is 12.2. The molecule has 0 unspecified atom stereocenters. The zero-order chi connectivity index (χ0) is 13.6. The lowest BCUT2D eigenvalue weighted by Gasteiger charge is -2.20. The van der Waals surface area contributed by atoms with E-state index in [1.807, 2.05) is 0 Å². The molecular formula is C16H22N2. The van der Waals surface area contributed by atoms with Gasteiger partial charge in [0.15, 0.2) is 0 Å². The van der Waals surface area contributed by atoms with Gasteiger partial charge >= 0.3 is 0 Å². The normalized spacial score (nSPS) is 13.0. The van der Waals surface area contributed by atoms with Crippen LogP contribution in [0, 0.1) is 0 Å². The fourth-order valence-corrected chi connectivity index (χ4v) is 1.87. The van der Waals surface area contributed by atoms with E-state index in [-0.39, 0.29) is 10.8 Å². The number of aromatic nitrogens is 2. The predicted molar refractivity (Wildman–Crippen MR) is 76.9 cm³/mol. The van der Waals surface area contributed by atoms with E-state index in [0.717, 1.165) is 11.2 Å². The van der Waals surface area contributed by atoms with E-state index >= 15 is 0 Å². The molecule has 1 aromatic carbocycles. The molecule has 2 heteroatoms. The van der Waals surface area contributed by atoms with Gasteiger partial charge in [0.05, 0.1) is 11.2 Å². The van der Waals surface area contributed by atoms with Gasteiger partial charge in [-0.2, -0.15) is 10.2 Å². The Morgan fingerprint density at radius 2 is 1.44 bits per heavy atom. The summed E-state index contributed by atoms with van der Waals surface area (Å²) in [5.41, 5.74) is 3.52. The Balaban J connectivity index is 2.56. The van der Waals surface area contributed by atoms with Crippen LogP contribution in [0.5, 0.6) is 0 Å². The van der Waals surface area contributed by atoms with Crippen molar-refractivity contribution in [3.8, 4) is 0 Å². The number of hydrogen-bond donors (Lipinski definition) is 0. The second-order valence-corrected chi connectivity index (χ2v) is 7.00. The van der Waals surface area contributed by atoms with Crippen molar-refractivity contribution in [2.75, 3.05) is 0 Å². The van der Waals surface area contributed by atoms with Crippen LogP contribution in [0.4, 0.5) is 0 Å². The van der Waals surface area contributed by atoms with Gasteiger partial charge in [0, 0.05) is 10.8 Å². The predicted octanol–water partition coefficient (Wildman–Crippen LogP) is 4.22. The van der Waals surface area contributed by atoms with Crippen molar-refractivity contribution in [1.82, 2.24) is 10.2 Å². The fraction of sp³-hybridized carbons (Fsp3) is 0.500. The van der Waals surface area contributed by atoms with Crippen LogP contribution in [-0.2, 0) is 10.8 Å². The molecule has 0 N–H and O–H groups in total. The molecule has 0 aliphatic heterocycles. The van der Waals surface area contributed by atoms with Crippen LogP contribution in [0.3, 0.4) is 0 Å². The number of hydrogen-bond acceptors (Lipinski definition) is 2. The second kappa shape index (κ2) is 4.04. The topological polar surface area (TPSA) is 25.8 Å². The maximum absolute atomic E-state index is 4.37. The lowest BCUT2D eigenvalue weighted by Crippen LogP contribution is -2.14. The van der Waals surface area contributed by atoms with Crippen molar-refractivity contribution < 1.29 is 0 Å². The number of rotatable bonds is 0. The average molecular weight is 242 g/mol. The van der Waals surface area contributed by atoms with E-state index in [9.17, 15) is 0 Å². The number of fused-ring (bicyclic) bond motifs is 1. The molecule has 1 heterocycles. The van der Waals surface area contributed by atoms with Crippen LogP contribution in [0.1, 0.15) is 52.8 Å². The first-order valence-corrected chi connectivity index (χ1v) is 6.46. The minimum absolute atomic E-state index is 0.0455. The summed E-state index contributed by atoms with van der Waals surface area (Å²) in [5.74, 6) is 0. The van der Waals surface area contributed by atoms with Crippen LogP contribution in [0.25, 0.3) is 10.9 Å². The lowest BCUT2D eigenvalue weighted by atomic mass is 9.86. The van der Waals surface area contributed by atoms with Gasteiger partial charge in [-0.05, 0) is 23.1 Å². The summed E-state index contributed by atoms with van der Waals surface area (Å²) in [7, 11) is 0. The number of benzene rings is 1. The van der Waals surface area contributed by atoms with E-state index in [2.05, 4.69) is 76.0 Å². The molecule has 0 radical (unpaired) electrons. The molecule has 0 aliphatic rings. The van der Waals surface area contributed by atoms with Crippen LogP contribution < -0.4 is 0 Å². The van der Waals surface area contributed by atoms with E-state index in [1.54, 1.807) is 0 Å². The van der Waals surface area contributed by atoms with Gasteiger partial charge in [0.1, 0.15) is 0 Å². The lowest BCUT2D eigenvalue weighted by molar-refractivity contribution is 0.561. The fourth-order valence-electron chi connectivity index (χ4n) is 1.87. The van der Waals surface area contributed by atoms with Crippen LogP contribution in [-0.4, -0.2) is 10.2 Å². The summed E-state index contributed by atoms with van der Waals surface area (Å²) in [4.78, 5) is 0. The van der Waals surface area contributed by atoms with Gasteiger partial charge in [-0.3, -0.25) is 0 Å². The quantitative estimate of drug-likeness (QED) is 0.691. The largest absolute Gasteiger partial charge is 0.154 e. The number of nitrogens with zero attached hydrogens (tertiary/aromatic N) is 2. The van der Waals surface area contributed by atoms with E-state index in [4.69, 9.17) is 0 Å². The molecule has 0 saturated heterocycles. The Kier molecular flexibility index (Phi) is 2.92. The van der Waals surface area contributed by atoms with Crippen LogP contribution in [0.2, 0.25) is 0 Å². The molecular weight excluding hydrogens is 220 g/mol. The Morgan fingerprint density at radius 1 is 0.778 bits per heavy atom. The van der Waals surface area contributed by atoms with E-state index < -0.39 is 0 Å². The molecule has 0 saturated carbocycles. The molecule has 2 aromatic rings. The molecule has 0 spiro atoms. The van der Waals surface area contributed by atoms with Crippen molar-refractivity contribution >= 4 is 10.9 Å². The molecule has 2 rings (SSSR count). The average Bonchev–Trinajstić information content (AvgIpc) is 2.25. The standard InChI is InChI=1S/C16H22N2/c1-15(2,3)12-8-7-11-9-14(16(4,5)6)18-17-13(11)10-12/h7-10H,1-6H3. The zero-order valence-corrected chi connectivity index (χ0v) is 12.2. The summed E-state index contributed by atoms with van der Waals surface area (Å²) >= 11 is 0. The van der Waals surface area contributed by atoms with Gasteiger partial charge < -0.3 is 0 Å². The summed E-state index contributed by atoms with van der Waals surface area (Å²) < 4.78 is 0. The van der Waals surface area contributed by atoms with Crippen LogP contribution >= 0.6 is 0 Å². The minimum atomic E-state index is 0.0455. The Bertz CT molecular complexity index is 518. The van der Waals surface area contributed by atoms with E-state index in [0.29, 0.717) is 0 Å². The van der Waals surface area contributed by atoms with Crippen molar-refractivity contribution in [3.63, 3.8) is 0 Å². The molecule has 18 heavy (non-hydrogen) atoms. The highest BCUT2D eigenvalue weighted by atomic mass is 15.1. The smallest absolute Gasteiger partial charge is 0.0932 e. The maximum atomic E-state index is 4.37. The highest BCUT2D eigenvalue weighted by Crippen LogP contribution is 2.27. The first-order valence-electron chi connectivity index (χ1n) is 6.46. The second-order valence-electron chi connectivity index (χ2n) is 7.00. The summed E-state index contributed by atoms with van der Waals surface area (Å²) in [6.07, 6.45) is 0. The first-order chi connectivity index (χ1) is 8.18. The molecule has 0 bridgehead atoms. The van der Waals surface area contributed by atoms with Crippen molar-refractivity contribution in [2.45, 2.75) is 52.4 Å². The molecule has 0 atom stereocenters. The van der Waals surface area contributed by atoms with Gasteiger partial charge in [-0.25, -0.2) is 0 Å². The molecule has 0 aliphatic carbocycles. The Labute approximate surface area is 109 Å². The SMILES string of the molecule is CC(C)(C)c1ccc2cc(C(C)(C)C)nnc2c1. The Morgan fingerprint density at radius 3 is 2.00 bits per heavy atom. The summed E-state index contributed by atoms with van der Waals surface area (Å²) in [6, 6.07) is 8.64. The highest BCUT2D eigenvalue weighted by Gasteiger charge is 2.18. The van der Waals surface area contributed by atoms with Crippen molar-refractivity contribution in [3.05, 3.63) is 35.5 Å². The van der Waals surface area contributed by atoms with Gasteiger partial charge in [0.2, 0.25) is 0 Å². The third-order valence-electron chi connectivity index (χ3n) is 3.22. The van der Waals surface area contributed by atoms with E-state index in [1.165, 1.54) is 10.9 Å². The van der Waals surface area contributed by atoms with Gasteiger partial charge in [-0.1, -0.05) is 53.7 Å². The highest BCUT2D eigenvalue weighted by molar-refractivity contribution is 5.79. The van der Waals surface area contributed by atoms with Crippen LogP contribution in [0.15, 0.2) is 24.3 Å².